The monoisotopic (exact) mass is 384 g/mol. The molecule has 0 unspecified atom stereocenters. The van der Waals surface area contributed by atoms with E-state index in [4.69, 9.17) is 10.2 Å². The number of non-ortho nitro benzene ring substituents is 1. The lowest BCUT2D eigenvalue weighted by Gasteiger charge is -2.23. The van der Waals surface area contributed by atoms with Crippen LogP contribution in [0.3, 0.4) is 0 Å². The molecule has 0 heterocycles. The summed E-state index contributed by atoms with van der Waals surface area (Å²) in [6.07, 6.45) is 3.51. The predicted molar refractivity (Wildman–Crippen MR) is 105 cm³/mol. The van der Waals surface area contributed by atoms with Gasteiger partial charge >= 0.3 is 11.9 Å². The number of hydrogen-bond donors (Lipinski definition) is 2. The maximum absolute atomic E-state index is 10.8. The molecular formula is C20H20N2O6. The number of hydrogen-bond acceptors (Lipinski definition) is 5. The van der Waals surface area contributed by atoms with Gasteiger partial charge in [-0.15, -0.1) is 0 Å². The van der Waals surface area contributed by atoms with E-state index in [1.165, 1.54) is 12.1 Å². The van der Waals surface area contributed by atoms with E-state index in [1.807, 2.05) is 24.3 Å². The van der Waals surface area contributed by atoms with Crippen LogP contribution in [0.5, 0.6) is 0 Å². The Morgan fingerprint density at radius 1 is 0.857 bits per heavy atom. The number of carbonyl (C=O) groups is 2. The van der Waals surface area contributed by atoms with E-state index >= 15 is 0 Å². The largest absolute Gasteiger partial charge is 0.481 e. The molecule has 28 heavy (non-hydrogen) atoms. The Morgan fingerprint density at radius 3 is 1.68 bits per heavy atom. The van der Waals surface area contributed by atoms with Crippen LogP contribution in [0, 0.1) is 10.1 Å². The van der Waals surface area contributed by atoms with Crippen LogP contribution < -0.4 is 4.90 Å². The van der Waals surface area contributed by atoms with Crippen molar-refractivity contribution >= 4 is 35.5 Å². The first-order valence-electron chi connectivity index (χ1n) is 8.56. The highest BCUT2D eigenvalue weighted by molar-refractivity contribution is 5.72. The van der Waals surface area contributed by atoms with Gasteiger partial charge in [-0.05, 0) is 35.4 Å². The fourth-order valence-corrected chi connectivity index (χ4v) is 2.53. The molecule has 2 aromatic rings. The van der Waals surface area contributed by atoms with Crippen molar-refractivity contribution in [3.8, 4) is 0 Å². The third kappa shape index (κ3) is 6.56. The lowest BCUT2D eigenvalue weighted by atomic mass is 10.1. The first kappa shape index (κ1) is 20.6. The zero-order valence-corrected chi connectivity index (χ0v) is 15.0. The Balaban J connectivity index is 2.07. The molecule has 0 bridgehead atoms. The zero-order valence-electron chi connectivity index (χ0n) is 15.0. The van der Waals surface area contributed by atoms with Gasteiger partial charge in [0.25, 0.3) is 5.69 Å². The van der Waals surface area contributed by atoms with Crippen LogP contribution in [0.4, 0.5) is 11.4 Å². The van der Waals surface area contributed by atoms with Gasteiger partial charge in [-0.2, -0.15) is 0 Å². The standard InChI is InChI=1S/C20H20N2O6/c23-19(24)11-13-21(14-12-20(25)26)17-7-3-15(4-8-17)1-2-16-5-9-18(10-6-16)22(27)28/h1-10H,11-14H2,(H,23,24)(H,25,26). The van der Waals surface area contributed by atoms with Gasteiger partial charge in [-0.1, -0.05) is 24.3 Å². The van der Waals surface area contributed by atoms with Crippen molar-refractivity contribution in [3.05, 3.63) is 69.8 Å². The topological polar surface area (TPSA) is 121 Å². The van der Waals surface area contributed by atoms with Crippen molar-refractivity contribution in [2.75, 3.05) is 18.0 Å². The Morgan fingerprint density at radius 2 is 1.29 bits per heavy atom. The summed E-state index contributed by atoms with van der Waals surface area (Å²) in [7, 11) is 0. The van der Waals surface area contributed by atoms with Gasteiger partial charge in [0, 0.05) is 30.9 Å². The number of rotatable bonds is 10. The van der Waals surface area contributed by atoms with E-state index in [1.54, 1.807) is 29.2 Å². The molecule has 0 saturated heterocycles. The predicted octanol–water partition coefficient (Wildman–Crippen LogP) is 3.52. The Labute approximate surface area is 161 Å². The summed E-state index contributed by atoms with van der Waals surface area (Å²) in [5, 5.41) is 28.4. The second-order valence-electron chi connectivity index (χ2n) is 6.05. The summed E-state index contributed by atoms with van der Waals surface area (Å²) in [6.45, 7) is 0.446. The van der Waals surface area contributed by atoms with E-state index in [0.29, 0.717) is 0 Å². The quantitative estimate of drug-likeness (QED) is 0.365. The maximum Gasteiger partial charge on any atom is 0.305 e. The molecule has 2 aromatic carbocycles. The van der Waals surface area contributed by atoms with Gasteiger partial charge in [0.1, 0.15) is 0 Å². The molecule has 0 aliphatic rings. The van der Waals surface area contributed by atoms with Gasteiger partial charge in [0.2, 0.25) is 0 Å². The summed E-state index contributed by atoms with van der Waals surface area (Å²) in [5.74, 6) is -1.88. The molecule has 0 amide bonds. The van der Waals surface area contributed by atoms with Crippen molar-refractivity contribution in [1.82, 2.24) is 0 Å². The van der Waals surface area contributed by atoms with E-state index in [2.05, 4.69) is 0 Å². The number of anilines is 1. The van der Waals surface area contributed by atoms with E-state index in [-0.39, 0.29) is 31.6 Å². The highest BCUT2D eigenvalue weighted by Gasteiger charge is 2.10. The SMILES string of the molecule is O=C(O)CCN(CCC(=O)O)c1ccc(C=Cc2ccc([N+](=O)[O-])cc2)cc1. The first-order valence-corrected chi connectivity index (χ1v) is 8.56. The molecule has 0 fully saturated rings. The van der Waals surface area contributed by atoms with Crippen LogP contribution in [0.1, 0.15) is 24.0 Å². The van der Waals surface area contributed by atoms with Crippen LogP contribution in [0.2, 0.25) is 0 Å². The lowest BCUT2D eigenvalue weighted by molar-refractivity contribution is -0.384. The third-order valence-corrected chi connectivity index (χ3v) is 4.02. The molecule has 0 saturated carbocycles. The van der Waals surface area contributed by atoms with Crippen LogP contribution in [-0.4, -0.2) is 40.2 Å². The van der Waals surface area contributed by atoms with Crippen molar-refractivity contribution in [1.29, 1.82) is 0 Å². The summed E-state index contributed by atoms with van der Waals surface area (Å²) in [6, 6.07) is 13.5. The molecule has 0 aliphatic heterocycles. The number of nitro benzene ring substituents is 1. The maximum atomic E-state index is 10.8. The molecule has 0 atom stereocenters. The van der Waals surface area contributed by atoms with E-state index < -0.39 is 16.9 Å². The minimum atomic E-state index is -0.942. The molecule has 0 spiro atoms. The molecule has 2 rings (SSSR count). The number of carboxylic acid groups (broad SMARTS) is 2. The van der Waals surface area contributed by atoms with Gasteiger partial charge in [0.15, 0.2) is 0 Å². The Bertz CT molecular complexity index is 841. The third-order valence-electron chi connectivity index (χ3n) is 4.02. The first-order chi connectivity index (χ1) is 13.3. The highest BCUT2D eigenvalue weighted by atomic mass is 16.6. The average molecular weight is 384 g/mol. The number of nitrogens with zero attached hydrogens (tertiary/aromatic N) is 2. The van der Waals surface area contributed by atoms with E-state index in [0.717, 1.165) is 16.8 Å². The second kappa shape index (κ2) is 9.86. The normalized spacial score (nSPS) is 10.7. The molecule has 2 N–H and O–H groups in total. The van der Waals surface area contributed by atoms with Crippen LogP contribution >= 0.6 is 0 Å². The van der Waals surface area contributed by atoms with Crippen LogP contribution in [-0.2, 0) is 9.59 Å². The minimum Gasteiger partial charge on any atom is -0.481 e. The smallest absolute Gasteiger partial charge is 0.305 e. The van der Waals surface area contributed by atoms with Gasteiger partial charge in [-0.3, -0.25) is 19.7 Å². The molecule has 0 radical (unpaired) electrons. The molecule has 8 heteroatoms. The molecule has 146 valence electrons. The van der Waals surface area contributed by atoms with Gasteiger partial charge in [-0.25, -0.2) is 0 Å². The van der Waals surface area contributed by atoms with Crippen molar-refractivity contribution in [3.63, 3.8) is 0 Å². The minimum absolute atomic E-state index is 0.0318. The zero-order chi connectivity index (χ0) is 20.5. The Kier molecular flexibility index (Phi) is 7.27. The highest BCUT2D eigenvalue weighted by Crippen LogP contribution is 2.19. The van der Waals surface area contributed by atoms with Crippen molar-refractivity contribution in [2.45, 2.75) is 12.8 Å². The van der Waals surface area contributed by atoms with Crippen molar-refractivity contribution in [2.24, 2.45) is 0 Å². The average Bonchev–Trinajstić information content (AvgIpc) is 2.67. The van der Waals surface area contributed by atoms with E-state index in [9.17, 15) is 19.7 Å². The van der Waals surface area contributed by atoms with Crippen molar-refractivity contribution < 1.29 is 24.7 Å². The van der Waals surface area contributed by atoms with Crippen LogP contribution in [0.25, 0.3) is 12.2 Å². The second-order valence-corrected chi connectivity index (χ2v) is 6.05. The fourth-order valence-electron chi connectivity index (χ4n) is 2.53. The van der Waals surface area contributed by atoms with Gasteiger partial charge in [0.05, 0.1) is 17.8 Å². The number of benzene rings is 2. The number of carboxylic acids is 2. The Hall–Kier alpha value is -3.68. The lowest BCUT2D eigenvalue weighted by Crippen LogP contribution is -2.28. The summed E-state index contributed by atoms with van der Waals surface area (Å²) in [4.78, 5) is 33.6. The fraction of sp³-hybridized carbons (Fsp3) is 0.200. The van der Waals surface area contributed by atoms with Crippen LogP contribution in [0.15, 0.2) is 48.5 Å². The number of aliphatic carboxylic acids is 2. The molecular weight excluding hydrogens is 364 g/mol. The molecule has 0 aliphatic carbocycles. The summed E-state index contributed by atoms with van der Waals surface area (Å²) in [5.41, 5.74) is 2.48. The molecule has 8 nitrogen and oxygen atoms in total. The summed E-state index contributed by atoms with van der Waals surface area (Å²) < 4.78 is 0. The summed E-state index contributed by atoms with van der Waals surface area (Å²) >= 11 is 0. The molecule has 0 aromatic heterocycles. The number of nitro groups is 1. The van der Waals surface area contributed by atoms with Gasteiger partial charge < -0.3 is 15.1 Å².